The van der Waals surface area contributed by atoms with E-state index >= 15 is 0 Å². The molecule has 0 aliphatic carbocycles. The Kier molecular flexibility index (Phi) is 5.74. The van der Waals surface area contributed by atoms with Crippen LogP contribution in [-0.4, -0.2) is 38.3 Å². The Labute approximate surface area is 158 Å². The molecule has 8 heteroatoms. The average molecular weight is 384 g/mol. The summed E-state index contributed by atoms with van der Waals surface area (Å²) in [7, 11) is -3.43. The second kappa shape index (κ2) is 8.20. The highest BCUT2D eigenvalue weighted by molar-refractivity contribution is 7.89. The van der Waals surface area contributed by atoms with Crippen molar-refractivity contribution in [3.63, 3.8) is 0 Å². The van der Waals surface area contributed by atoms with Gasteiger partial charge in [-0.25, -0.2) is 8.42 Å². The van der Waals surface area contributed by atoms with Crippen LogP contribution in [0.25, 0.3) is 0 Å². The van der Waals surface area contributed by atoms with Gasteiger partial charge in [-0.1, -0.05) is 0 Å². The van der Waals surface area contributed by atoms with Crippen molar-refractivity contribution in [2.24, 2.45) is 0 Å². The number of carbonyl (C=O) groups excluding carboxylic acids is 1. The summed E-state index contributed by atoms with van der Waals surface area (Å²) in [6.45, 7) is 1.17. The molecule has 140 valence electrons. The first-order valence-corrected chi connectivity index (χ1v) is 10.1. The molecule has 1 saturated heterocycles. The summed E-state index contributed by atoms with van der Waals surface area (Å²) in [6, 6.07) is 15.0. The Morgan fingerprint density at radius 2 is 1.59 bits per heavy atom. The minimum Gasteiger partial charge on any atom is -0.376 e. The molecule has 0 saturated carbocycles. The van der Waals surface area contributed by atoms with Crippen LogP contribution in [0, 0.1) is 11.3 Å². The van der Waals surface area contributed by atoms with Crippen molar-refractivity contribution in [3.8, 4) is 6.07 Å². The molecule has 1 fully saturated rings. The first-order valence-electron chi connectivity index (χ1n) is 8.63. The van der Waals surface area contributed by atoms with Crippen molar-refractivity contribution in [1.82, 2.24) is 4.31 Å². The smallest absolute Gasteiger partial charge is 0.243 e. The highest BCUT2D eigenvalue weighted by atomic mass is 32.2. The summed E-state index contributed by atoms with van der Waals surface area (Å²) >= 11 is 0. The zero-order chi connectivity index (χ0) is 19.3. The van der Waals surface area contributed by atoms with Gasteiger partial charge in [-0.2, -0.15) is 9.57 Å². The van der Waals surface area contributed by atoms with E-state index in [-0.39, 0.29) is 17.3 Å². The third-order valence-corrected chi connectivity index (χ3v) is 6.22. The van der Waals surface area contributed by atoms with E-state index in [0.29, 0.717) is 30.0 Å². The minimum atomic E-state index is -3.43. The van der Waals surface area contributed by atoms with Crippen molar-refractivity contribution in [3.05, 3.63) is 54.1 Å². The van der Waals surface area contributed by atoms with E-state index in [1.54, 1.807) is 48.5 Å². The molecule has 0 spiro atoms. The van der Waals surface area contributed by atoms with Crippen LogP contribution in [0.5, 0.6) is 0 Å². The number of benzene rings is 2. The maximum atomic E-state index is 12.5. The molecule has 2 aromatic rings. The Bertz CT molecular complexity index is 942. The van der Waals surface area contributed by atoms with Gasteiger partial charge in [-0.05, 0) is 61.4 Å². The van der Waals surface area contributed by atoms with Crippen LogP contribution in [0.4, 0.5) is 11.4 Å². The lowest BCUT2D eigenvalue weighted by atomic mass is 10.2. The van der Waals surface area contributed by atoms with Crippen LogP contribution >= 0.6 is 0 Å². The molecule has 27 heavy (non-hydrogen) atoms. The number of hydrogen-bond acceptors (Lipinski definition) is 5. The number of nitriles is 1. The molecule has 1 aliphatic rings. The average Bonchev–Trinajstić information content (AvgIpc) is 3.23. The summed E-state index contributed by atoms with van der Waals surface area (Å²) in [4.78, 5) is 12.3. The Morgan fingerprint density at radius 1 is 1.00 bits per heavy atom. The number of sulfonamides is 1. The van der Waals surface area contributed by atoms with E-state index in [1.165, 1.54) is 4.31 Å². The van der Waals surface area contributed by atoms with Crippen LogP contribution < -0.4 is 10.6 Å². The van der Waals surface area contributed by atoms with Gasteiger partial charge in [0, 0.05) is 24.5 Å². The number of nitrogens with one attached hydrogen (secondary N) is 2. The fourth-order valence-electron chi connectivity index (χ4n) is 2.84. The van der Waals surface area contributed by atoms with Gasteiger partial charge in [-0.15, -0.1) is 0 Å². The lowest BCUT2D eigenvalue weighted by Gasteiger charge is -2.15. The first-order chi connectivity index (χ1) is 13.0. The summed E-state index contributed by atoms with van der Waals surface area (Å²) in [6.07, 6.45) is 1.79. The number of carbonyl (C=O) groups is 1. The SMILES string of the molecule is N#Cc1ccc(NC(=O)CNc2ccc(S(=O)(=O)N3CCCC3)cc2)cc1. The second-order valence-electron chi connectivity index (χ2n) is 6.23. The molecular weight excluding hydrogens is 364 g/mol. The molecule has 2 N–H and O–H groups in total. The zero-order valence-electron chi connectivity index (χ0n) is 14.7. The lowest BCUT2D eigenvalue weighted by molar-refractivity contribution is -0.114. The molecule has 0 bridgehead atoms. The second-order valence-corrected chi connectivity index (χ2v) is 8.16. The van der Waals surface area contributed by atoms with Gasteiger partial charge in [0.1, 0.15) is 0 Å². The predicted octanol–water partition coefficient (Wildman–Crippen LogP) is 2.39. The molecule has 1 aliphatic heterocycles. The van der Waals surface area contributed by atoms with E-state index in [9.17, 15) is 13.2 Å². The zero-order valence-corrected chi connectivity index (χ0v) is 15.5. The van der Waals surface area contributed by atoms with Gasteiger partial charge in [0.15, 0.2) is 0 Å². The maximum Gasteiger partial charge on any atom is 0.243 e. The summed E-state index contributed by atoms with van der Waals surface area (Å²) < 4.78 is 26.5. The van der Waals surface area contributed by atoms with E-state index in [1.807, 2.05) is 6.07 Å². The maximum absolute atomic E-state index is 12.5. The van der Waals surface area contributed by atoms with Crippen LogP contribution in [0.3, 0.4) is 0 Å². The molecule has 2 aromatic carbocycles. The van der Waals surface area contributed by atoms with Gasteiger partial charge in [0.2, 0.25) is 15.9 Å². The summed E-state index contributed by atoms with van der Waals surface area (Å²) in [5.74, 6) is -0.242. The van der Waals surface area contributed by atoms with E-state index in [0.717, 1.165) is 12.8 Å². The van der Waals surface area contributed by atoms with Crippen molar-refractivity contribution in [2.75, 3.05) is 30.3 Å². The number of nitrogens with zero attached hydrogens (tertiary/aromatic N) is 2. The monoisotopic (exact) mass is 384 g/mol. The van der Waals surface area contributed by atoms with Crippen molar-refractivity contribution >= 4 is 27.3 Å². The number of anilines is 2. The molecule has 1 amide bonds. The highest BCUT2D eigenvalue weighted by Gasteiger charge is 2.26. The molecular formula is C19H20N4O3S. The molecule has 0 unspecified atom stereocenters. The van der Waals surface area contributed by atoms with Gasteiger partial charge < -0.3 is 10.6 Å². The third-order valence-electron chi connectivity index (χ3n) is 4.31. The first kappa shape index (κ1) is 18.9. The van der Waals surface area contributed by atoms with Gasteiger partial charge >= 0.3 is 0 Å². The highest BCUT2D eigenvalue weighted by Crippen LogP contribution is 2.22. The van der Waals surface area contributed by atoms with E-state index in [2.05, 4.69) is 10.6 Å². The standard InChI is InChI=1S/C19H20N4O3S/c20-13-15-3-5-17(6-4-15)22-19(24)14-21-16-7-9-18(10-8-16)27(25,26)23-11-1-2-12-23/h3-10,21H,1-2,11-12,14H2,(H,22,24). The fourth-order valence-corrected chi connectivity index (χ4v) is 4.36. The van der Waals surface area contributed by atoms with Crippen LogP contribution in [-0.2, 0) is 14.8 Å². The quantitative estimate of drug-likeness (QED) is 0.796. The summed E-state index contributed by atoms with van der Waals surface area (Å²) in [5.41, 5.74) is 1.79. The molecule has 0 aromatic heterocycles. The Morgan fingerprint density at radius 3 is 2.19 bits per heavy atom. The lowest BCUT2D eigenvalue weighted by Crippen LogP contribution is -2.27. The summed E-state index contributed by atoms with van der Waals surface area (Å²) in [5, 5.41) is 14.4. The normalized spacial score (nSPS) is 14.5. The number of rotatable bonds is 6. The number of hydrogen-bond donors (Lipinski definition) is 2. The Hall–Kier alpha value is -2.89. The van der Waals surface area contributed by atoms with Gasteiger partial charge in [0.05, 0.1) is 23.1 Å². The molecule has 0 atom stereocenters. The fraction of sp³-hybridized carbons (Fsp3) is 0.263. The number of amides is 1. The Balaban J connectivity index is 1.55. The van der Waals surface area contributed by atoms with E-state index in [4.69, 9.17) is 5.26 Å². The van der Waals surface area contributed by atoms with Gasteiger partial charge in [0.25, 0.3) is 0 Å². The molecule has 0 radical (unpaired) electrons. The van der Waals surface area contributed by atoms with Crippen LogP contribution in [0.1, 0.15) is 18.4 Å². The minimum absolute atomic E-state index is 0.0399. The van der Waals surface area contributed by atoms with Gasteiger partial charge in [-0.3, -0.25) is 4.79 Å². The van der Waals surface area contributed by atoms with Crippen molar-refractivity contribution in [2.45, 2.75) is 17.7 Å². The molecule has 3 rings (SSSR count). The molecule has 1 heterocycles. The van der Waals surface area contributed by atoms with E-state index < -0.39 is 10.0 Å². The van der Waals surface area contributed by atoms with Crippen molar-refractivity contribution < 1.29 is 13.2 Å². The van der Waals surface area contributed by atoms with Crippen LogP contribution in [0.15, 0.2) is 53.4 Å². The van der Waals surface area contributed by atoms with Crippen molar-refractivity contribution in [1.29, 1.82) is 5.26 Å². The van der Waals surface area contributed by atoms with Crippen LogP contribution in [0.2, 0.25) is 0 Å². The topological polar surface area (TPSA) is 102 Å². The third kappa shape index (κ3) is 4.64. The molecule has 7 nitrogen and oxygen atoms in total. The largest absolute Gasteiger partial charge is 0.376 e. The predicted molar refractivity (Wildman–Crippen MR) is 103 cm³/mol.